The molecule has 11 heteroatoms. The van der Waals surface area contributed by atoms with E-state index in [0.717, 1.165) is 51.4 Å². The average Bonchev–Trinajstić information content (AvgIpc) is 3.17. The van der Waals surface area contributed by atoms with Gasteiger partial charge in [0.25, 0.3) is 0 Å². The van der Waals surface area contributed by atoms with E-state index in [-0.39, 0.29) is 42.9 Å². The smallest absolute Gasteiger partial charge is 0.384 e. The Morgan fingerprint density at radius 3 is 1.40 bits per heavy atom. The second kappa shape index (κ2) is 37.7. The molecule has 10 nitrogen and oxygen atoms in total. The van der Waals surface area contributed by atoms with Crippen LogP contribution in [0.15, 0.2) is 12.2 Å². The number of aliphatic hydroxyl groups is 2. The van der Waals surface area contributed by atoms with E-state index in [4.69, 9.17) is 14.0 Å². The van der Waals surface area contributed by atoms with Gasteiger partial charge in [0.2, 0.25) is 0 Å². The molecule has 0 aromatic carbocycles. The molecule has 3 atom stereocenters. The second-order valence-corrected chi connectivity index (χ2v) is 19.2. The Morgan fingerprint density at radius 2 is 0.982 bits per heavy atom. The molecule has 0 heterocycles. The molecule has 0 bridgehead atoms. The molecular formula is C46H91NO9P+. The molecule has 0 radical (unpaired) electrons. The number of allylic oxidation sites excluding steroid dienone is 2. The Hall–Kier alpha value is -1.29. The first-order valence-electron chi connectivity index (χ1n) is 23.5. The van der Waals surface area contributed by atoms with Gasteiger partial charge in [-0.2, -0.15) is 0 Å². The summed E-state index contributed by atoms with van der Waals surface area (Å²) in [7, 11) is -0.809. The lowest BCUT2D eigenvalue weighted by Crippen LogP contribution is -2.49. The van der Waals surface area contributed by atoms with E-state index in [1.807, 2.05) is 0 Å². The number of unbranched alkanes of at least 4 members (excludes halogenated alkanes) is 25. The summed E-state index contributed by atoms with van der Waals surface area (Å²) in [5, 5.41) is 18.6. The van der Waals surface area contributed by atoms with Crippen LogP contribution < -0.4 is 0 Å². The zero-order valence-electron chi connectivity index (χ0n) is 37.6. The topological polar surface area (TPSA) is 140 Å². The molecule has 0 saturated carbocycles. The summed E-state index contributed by atoms with van der Waals surface area (Å²) in [6, 6.07) is 0. The Morgan fingerprint density at radius 1 is 0.596 bits per heavy atom. The summed E-state index contributed by atoms with van der Waals surface area (Å²) in [6.07, 6.45) is 36.2. The molecule has 2 unspecified atom stereocenters. The summed E-state index contributed by atoms with van der Waals surface area (Å²) < 4.78 is 29.9. The van der Waals surface area contributed by atoms with Gasteiger partial charge in [0.05, 0.1) is 27.2 Å². The first-order chi connectivity index (χ1) is 27.4. The molecule has 0 saturated heterocycles. The van der Waals surface area contributed by atoms with E-state index >= 15 is 0 Å². The third-order valence-electron chi connectivity index (χ3n) is 11.2. The van der Waals surface area contributed by atoms with E-state index < -0.39 is 38.3 Å². The molecule has 0 aliphatic carbocycles. The van der Waals surface area contributed by atoms with E-state index in [9.17, 15) is 29.3 Å². The fraction of sp³-hybridized carbons (Fsp3) is 0.913. The van der Waals surface area contributed by atoms with Crippen LogP contribution in [0, 0.1) is 0 Å². The molecular weight excluding hydrogens is 741 g/mol. The minimum atomic E-state index is -4.24. The van der Waals surface area contributed by atoms with Crippen molar-refractivity contribution in [3.63, 3.8) is 0 Å². The van der Waals surface area contributed by atoms with Crippen LogP contribution in [0.25, 0.3) is 0 Å². The highest BCUT2D eigenvalue weighted by Crippen LogP contribution is 2.50. The van der Waals surface area contributed by atoms with Crippen LogP contribution in [0.1, 0.15) is 220 Å². The molecule has 0 spiro atoms. The van der Waals surface area contributed by atoms with Gasteiger partial charge < -0.3 is 33.6 Å². The molecule has 0 aliphatic heterocycles. The van der Waals surface area contributed by atoms with Crippen LogP contribution in [0.4, 0.5) is 0 Å². The maximum absolute atomic E-state index is 13.3. The largest absolute Gasteiger partial charge is 0.462 e. The number of aliphatic hydroxyl groups excluding tert-OH is 1. The molecule has 0 fully saturated rings. The first-order valence-corrected chi connectivity index (χ1v) is 25.2. The Labute approximate surface area is 350 Å². The highest BCUT2D eigenvalue weighted by Gasteiger charge is 2.42. The van der Waals surface area contributed by atoms with Gasteiger partial charge in [0.15, 0.2) is 18.2 Å². The number of rotatable bonds is 42. The highest BCUT2D eigenvalue weighted by atomic mass is 31.2. The Bertz CT molecular complexity index is 1020. The van der Waals surface area contributed by atoms with Crippen molar-refractivity contribution in [3.05, 3.63) is 12.2 Å². The van der Waals surface area contributed by atoms with E-state index in [1.54, 1.807) is 21.0 Å². The predicted molar refractivity (Wildman–Crippen MR) is 235 cm³/mol. The van der Waals surface area contributed by atoms with Crippen molar-refractivity contribution in [1.82, 2.24) is 0 Å². The minimum absolute atomic E-state index is 0.0142. The van der Waals surface area contributed by atoms with Crippen LogP contribution in [0.3, 0.4) is 0 Å². The highest BCUT2D eigenvalue weighted by molar-refractivity contribution is 7.53. The van der Waals surface area contributed by atoms with E-state index in [1.165, 1.54) is 122 Å². The van der Waals surface area contributed by atoms with Crippen LogP contribution in [-0.2, 0) is 28.2 Å². The van der Waals surface area contributed by atoms with Gasteiger partial charge in [0.1, 0.15) is 6.61 Å². The summed E-state index contributed by atoms with van der Waals surface area (Å²) in [4.78, 5) is 36.3. The SMILES string of the molecule is CCCCCCC/C=C\CCCCCCCCC(=O)OC[C@H](COP(=O)(O)C(C)[N+](C)(C)CCC(O)O)OC(=O)CCCCCCCCCCCCCCCCC. The van der Waals surface area contributed by atoms with Crippen molar-refractivity contribution < 1.29 is 47.7 Å². The lowest BCUT2D eigenvalue weighted by molar-refractivity contribution is -0.901. The summed E-state index contributed by atoms with van der Waals surface area (Å²) in [5.41, 5.74) is 0. The van der Waals surface area contributed by atoms with Gasteiger partial charge in [-0.1, -0.05) is 167 Å². The predicted octanol–water partition coefficient (Wildman–Crippen LogP) is 12.1. The number of hydrogen-bond acceptors (Lipinski definition) is 8. The monoisotopic (exact) mass is 833 g/mol. The molecule has 0 rings (SSSR count). The van der Waals surface area contributed by atoms with Gasteiger partial charge in [-0.15, -0.1) is 0 Å². The van der Waals surface area contributed by atoms with Crippen LogP contribution in [0.2, 0.25) is 0 Å². The molecule has 3 N–H and O–H groups in total. The van der Waals surface area contributed by atoms with Crippen molar-refractivity contribution in [2.24, 2.45) is 0 Å². The normalized spacial score (nSPS) is 14.3. The molecule has 0 aliphatic rings. The minimum Gasteiger partial charge on any atom is -0.462 e. The molecule has 0 aromatic rings. The fourth-order valence-corrected chi connectivity index (χ4v) is 8.43. The average molecular weight is 833 g/mol. The molecule has 338 valence electrons. The molecule has 0 amide bonds. The molecule has 0 aromatic heterocycles. The lowest BCUT2D eigenvalue weighted by Gasteiger charge is -2.37. The molecule has 57 heavy (non-hydrogen) atoms. The first kappa shape index (κ1) is 55.7. The standard InChI is InChI=1S/C46H90NO9P/c1-6-8-10-12-14-16-18-20-22-24-26-28-30-32-34-36-45(50)54-40-43(41-55-57(52,53)42(3)47(4,5)39-38-44(48)49)56-46(51)37-35-33-31-29-27-25-23-21-19-17-15-13-11-9-7-2/h18,20,42-44,48-49H,6-17,19,21-41H2,1-5H3/p+1/b20-18-/t42?,43-/m1/s1. The van der Waals surface area contributed by atoms with Gasteiger partial charge in [-0.05, 0) is 45.4 Å². The van der Waals surface area contributed by atoms with Crippen molar-refractivity contribution in [1.29, 1.82) is 0 Å². The second-order valence-electron chi connectivity index (χ2n) is 17.1. The number of quaternary nitrogens is 1. The lowest BCUT2D eigenvalue weighted by atomic mass is 10.0. The third kappa shape index (κ3) is 35.2. The summed E-state index contributed by atoms with van der Waals surface area (Å²) in [5.74, 6) is -1.72. The maximum atomic E-state index is 13.3. The van der Waals surface area contributed by atoms with Gasteiger partial charge >= 0.3 is 19.5 Å². The van der Waals surface area contributed by atoms with Crippen molar-refractivity contribution in [2.75, 3.05) is 33.9 Å². The fourth-order valence-electron chi connectivity index (χ4n) is 6.93. The van der Waals surface area contributed by atoms with Gasteiger partial charge in [-0.25, -0.2) is 0 Å². The zero-order chi connectivity index (χ0) is 42.5. The number of esters is 2. The number of nitrogens with zero attached hydrogens (tertiary/aromatic N) is 1. The van der Waals surface area contributed by atoms with Gasteiger partial charge in [-0.3, -0.25) is 14.2 Å². The van der Waals surface area contributed by atoms with Crippen LogP contribution in [-0.4, -0.2) is 83.6 Å². The van der Waals surface area contributed by atoms with Crippen molar-refractivity contribution >= 4 is 19.5 Å². The third-order valence-corrected chi connectivity index (χ3v) is 13.3. The Balaban J connectivity index is 4.60. The zero-order valence-corrected chi connectivity index (χ0v) is 38.5. The summed E-state index contributed by atoms with van der Waals surface area (Å²) >= 11 is 0. The van der Waals surface area contributed by atoms with E-state index in [0.29, 0.717) is 6.42 Å². The van der Waals surface area contributed by atoms with Crippen LogP contribution >= 0.6 is 7.60 Å². The van der Waals surface area contributed by atoms with Crippen molar-refractivity contribution in [2.45, 2.75) is 238 Å². The van der Waals surface area contributed by atoms with Crippen LogP contribution in [0.5, 0.6) is 0 Å². The number of carbonyl (C=O) groups excluding carboxylic acids is 2. The Kier molecular flexibility index (Phi) is 36.8. The van der Waals surface area contributed by atoms with Gasteiger partial charge in [0, 0.05) is 19.3 Å². The maximum Gasteiger partial charge on any atom is 0.384 e. The quantitative estimate of drug-likeness (QED) is 0.0137. The van der Waals surface area contributed by atoms with Crippen molar-refractivity contribution in [3.8, 4) is 0 Å². The number of ether oxygens (including phenoxy) is 2. The summed E-state index contributed by atoms with van der Waals surface area (Å²) in [6.45, 7) is 5.65. The van der Waals surface area contributed by atoms with E-state index in [2.05, 4.69) is 26.0 Å². The number of hydrogen-bond donors (Lipinski definition) is 3. The number of carbonyl (C=O) groups is 2.